The van der Waals surface area contributed by atoms with Crippen LogP contribution >= 0.6 is 0 Å². The van der Waals surface area contributed by atoms with Gasteiger partial charge < -0.3 is 0 Å². The normalized spacial score (nSPS) is 15.7. The third-order valence-corrected chi connectivity index (χ3v) is 2.73. The van der Waals surface area contributed by atoms with Crippen LogP contribution < -0.4 is 0 Å². The molecule has 1 aromatic rings. The first-order valence-electron chi connectivity index (χ1n) is 5.09. The predicted octanol–water partition coefficient (Wildman–Crippen LogP) is 3.89. The average Bonchev–Trinajstić information content (AvgIpc) is 2.99. The van der Waals surface area contributed by atoms with Crippen LogP contribution in [0.3, 0.4) is 0 Å². The van der Waals surface area contributed by atoms with E-state index in [9.17, 15) is 0 Å². The van der Waals surface area contributed by atoms with Gasteiger partial charge in [-0.3, -0.25) is 0 Å². The third-order valence-electron chi connectivity index (χ3n) is 2.73. The number of hydrogen-bond acceptors (Lipinski definition) is 0. The molecule has 0 saturated heterocycles. The van der Waals surface area contributed by atoms with Gasteiger partial charge >= 0.3 is 0 Å². The molecule has 68 valence electrons. The molecular formula is C13H16. The van der Waals surface area contributed by atoms with Gasteiger partial charge in [0.1, 0.15) is 0 Å². The Bertz CT molecular complexity index is 280. The van der Waals surface area contributed by atoms with Crippen molar-refractivity contribution in [2.24, 2.45) is 5.92 Å². The molecule has 13 heavy (non-hydrogen) atoms. The molecule has 1 aliphatic rings. The van der Waals surface area contributed by atoms with E-state index in [1.807, 2.05) is 0 Å². The molecule has 1 saturated carbocycles. The molecule has 0 amide bonds. The summed E-state index contributed by atoms with van der Waals surface area (Å²) < 4.78 is 0. The van der Waals surface area contributed by atoms with Crippen molar-refractivity contribution >= 4 is 5.57 Å². The van der Waals surface area contributed by atoms with Crippen LogP contribution in [-0.4, -0.2) is 0 Å². The van der Waals surface area contributed by atoms with Crippen LogP contribution in [0.25, 0.3) is 5.57 Å². The van der Waals surface area contributed by atoms with Crippen molar-refractivity contribution in [2.45, 2.75) is 25.7 Å². The van der Waals surface area contributed by atoms with Crippen LogP contribution in [-0.2, 0) is 0 Å². The number of hydrogen-bond donors (Lipinski definition) is 0. The van der Waals surface area contributed by atoms with Crippen LogP contribution in [0.1, 0.15) is 31.2 Å². The second kappa shape index (κ2) is 3.78. The molecule has 0 unspecified atom stereocenters. The zero-order valence-electron chi connectivity index (χ0n) is 8.00. The zero-order valence-corrected chi connectivity index (χ0v) is 8.00. The van der Waals surface area contributed by atoms with Crippen molar-refractivity contribution in [1.82, 2.24) is 0 Å². The van der Waals surface area contributed by atoms with Gasteiger partial charge in [0.25, 0.3) is 0 Å². The Morgan fingerprint density at radius 2 is 1.92 bits per heavy atom. The Balaban J connectivity index is 1.89. The topological polar surface area (TPSA) is 0 Å². The minimum absolute atomic E-state index is 1.01. The SMILES string of the molecule is C=C(CCC1CC1)c1ccccc1. The first-order chi connectivity index (χ1) is 6.36. The summed E-state index contributed by atoms with van der Waals surface area (Å²) in [6.07, 6.45) is 5.41. The summed E-state index contributed by atoms with van der Waals surface area (Å²) in [6.45, 7) is 4.12. The Hall–Kier alpha value is -1.04. The van der Waals surface area contributed by atoms with Gasteiger partial charge in [-0.1, -0.05) is 49.8 Å². The van der Waals surface area contributed by atoms with E-state index in [0.717, 1.165) is 5.92 Å². The first kappa shape index (κ1) is 8.55. The maximum atomic E-state index is 4.12. The van der Waals surface area contributed by atoms with E-state index in [0.29, 0.717) is 0 Å². The van der Waals surface area contributed by atoms with Gasteiger partial charge in [0.05, 0.1) is 0 Å². The molecule has 0 heteroatoms. The van der Waals surface area contributed by atoms with Crippen LogP contribution in [0.2, 0.25) is 0 Å². The molecule has 1 aliphatic carbocycles. The predicted molar refractivity (Wildman–Crippen MR) is 57.4 cm³/mol. The molecular weight excluding hydrogens is 156 g/mol. The Labute approximate surface area is 80.3 Å². The lowest BCUT2D eigenvalue weighted by atomic mass is 10.0. The van der Waals surface area contributed by atoms with Crippen LogP contribution in [0, 0.1) is 5.92 Å². The Morgan fingerprint density at radius 1 is 1.23 bits per heavy atom. The third kappa shape index (κ3) is 2.45. The van der Waals surface area contributed by atoms with Gasteiger partial charge in [-0.25, -0.2) is 0 Å². The monoisotopic (exact) mass is 172 g/mol. The summed E-state index contributed by atoms with van der Waals surface area (Å²) in [6, 6.07) is 10.5. The molecule has 0 spiro atoms. The van der Waals surface area contributed by atoms with Crippen LogP contribution in [0.5, 0.6) is 0 Å². The van der Waals surface area contributed by atoms with E-state index in [1.54, 1.807) is 0 Å². The van der Waals surface area contributed by atoms with Crippen molar-refractivity contribution in [3.63, 3.8) is 0 Å². The van der Waals surface area contributed by atoms with E-state index < -0.39 is 0 Å². The smallest absolute Gasteiger partial charge is 0.0230 e. The van der Waals surface area contributed by atoms with E-state index in [1.165, 1.54) is 36.8 Å². The molecule has 0 nitrogen and oxygen atoms in total. The van der Waals surface area contributed by atoms with E-state index in [4.69, 9.17) is 0 Å². The highest BCUT2D eigenvalue weighted by Crippen LogP contribution is 2.35. The Kier molecular flexibility index (Phi) is 2.49. The standard InChI is InChI=1S/C13H16/c1-11(7-8-12-9-10-12)13-5-3-2-4-6-13/h2-6,12H,1,7-10H2. The number of allylic oxidation sites excluding steroid dienone is 1. The highest BCUT2D eigenvalue weighted by molar-refractivity contribution is 5.62. The van der Waals surface area contributed by atoms with Gasteiger partial charge in [0.2, 0.25) is 0 Å². The highest BCUT2D eigenvalue weighted by Gasteiger charge is 2.20. The molecule has 0 aliphatic heterocycles. The summed E-state index contributed by atoms with van der Waals surface area (Å²) in [5.74, 6) is 1.01. The lowest BCUT2D eigenvalue weighted by molar-refractivity contribution is 0.750. The molecule has 0 N–H and O–H groups in total. The molecule has 0 aromatic heterocycles. The molecule has 0 bridgehead atoms. The minimum atomic E-state index is 1.01. The van der Waals surface area contributed by atoms with E-state index in [-0.39, 0.29) is 0 Å². The summed E-state index contributed by atoms with van der Waals surface area (Å²) in [5, 5.41) is 0. The quantitative estimate of drug-likeness (QED) is 0.646. The summed E-state index contributed by atoms with van der Waals surface area (Å²) in [4.78, 5) is 0. The highest BCUT2D eigenvalue weighted by atomic mass is 14.3. The van der Waals surface area contributed by atoms with Crippen LogP contribution in [0.15, 0.2) is 36.9 Å². The van der Waals surface area contributed by atoms with Gasteiger partial charge in [-0.2, -0.15) is 0 Å². The van der Waals surface area contributed by atoms with Crippen molar-refractivity contribution in [2.75, 3.05) is 0 Å². The summed E-state index contributed by atoms with van der Waals surface area (Å²) in [5.41, 5.74) is 2.61. The van der Waals surface area contributed by atoms with Crippen molar-refractivity contribution in [3.05, 3.63) is 42.5 Å². The fourth-order valence-corrected chi connectivity index (χ4v) is 1.60. The summed E-state index contributed by atoms with van der Waals surface area (Å²) >= 11 is 0. The zero-order chi connectivity index (χ0) is 9.10. The summed E-state index contributed by atoms with van der Waals surface area (Å²) in [7, 11) is 0. The molecule has 0 heterocycles. The lowest BCUT2D eigenvalue weighted by Gasteiger charge is -2.04. The maximum absolute atomic E-state index is 4.12. The van der Waals surface area contributed by atoms with E-state index >= 15 is 0 Å². The molecule has 1 aromatic carbocycles. The maximum Gasteiger partial charge on any atom is -0.0230 e. The van der Waals surface area contributed by atoms with Gasteiger partial charge in [0.15, 0.2) is 0 Å². The number of rotatable bonds is 4. The molecule has 1 fully saturated rings. The average molecular weight is 172 g/mol. The Morgan fingerprint density at radius 3 is 2.54 bits per heavy atom. The molecule has 2 rings (SSSR count). The largest absolute Gasteiger partial charge is 0.0952 e. The minimum Gasteiger partial charge on any atom is -0.0952 e. The fraction of sp³-hybridized carbons (Fsp3) is 0.385. The molecule has 0 atom stereocenters. The lowest BCUT2D eigenvalue weighted by Crippen LogP contribution is -1.83. The number of benzene rings is 1. The van der Waals surface area contributed by atoms with E-state index in [2.05, 4.69) is 36.9 Å². The fourth-order valence-electron chi connectivity index (χ4n) is 1.60. The second-order valence-electron chi connectivity index (χ2n) is 3.95. The van der Waals surface area contributed by atoms with Crippen molar-refractivity contribution in [3.8, 4) is 0 Å². The van der Waals surface area contributed by atoms with Gasteiger partial charge in [-0.15, -0.1) is 0 Å². The first-order valence-corrected chi connectivity index (χ1v) is 5.09. The molecule has 0 radical (unpaired) electrons. The van der Waals surface area contributed by atoms with Gasteiger partial charge in [0, 0.05) is 0 Å². The second-order valence-corrected chi connectivity index (χ2v) is 3.95. The van der Waals surface area contributed by atoms with Crippen molar-refractivity contribution < 1.29 is 0 Å². The van der Waals surface area contributed by atoms with Crippen LogP contribution in [0.4, 0.5) is 0 Å². The van der Waals surface area contributed by atoms with Gasteiger partial charge in [-0.05, 0) is 29.9 Å². The van der Waals surface area contributed by atoms with Crippen molar-refractivity contribution in [1.29, 1.82) is 0 Å².